The highest BCUT2D eigenvalue weighted by Crippen LogP contribution is 2.36. The third-order valence-corrected chi connectivity index (χ3v) is 4.27. The van der Waals surface area contributed by atoms with Crippen molar-refractivity contribution < 1.29 is 14.5 Å². The highest BCUT2D eigenvalue weighted by Gasteiger charge is 2.43. The maximum absolute atomic E-state index is 12.6. The van der Waals surface area contributed by atoms with E-state index in [2.05, 4.69) is 0 Å². The van der Waals surface area contributed by atoms with Crippen LogP contribution < -0.4 is 5.73 Å². The van der Waals surface area contributed by atoms with Gasteiger partial charge in [0, 0.05) is 31.9 Å². The lowest BCUT2D eigenvalue weighted by atomic mass is 9.97. The largest absolute Gasteiger partial charge is 0.399 e. The van der Waals surface area contributed by atoms with Gasteiger partial charge >= 0.3 is 0 Å². The number of amides is 1. The summed E-state index contributed by atoms with van der Waals surface area (Å²) in [6.07, 6.45) is 0. The molecule has 1 aromatic carbocycles. The van der Waals surface area contributed by atoms with Gasteiger partial charge in [0.25, 0.3) is 5.69 Å². The number of piperazine rings is 1. The van der Waals surface area contributed by atoms with Gasteiger partial charge in [0.1, 0.15) is 6.04 Å². The zero-order valence-corrected chi connectivity index (χ0v) is 12.3. The third-order valence-electron chi connectivity index (χ3n) is 4.27. The summed E-state index contributed by atoms with van der Waals surface area (Å²) < 4.78 is 5.21. The Labute approximate surface area is 127 Å². The second-order valence-electron chi connectivity index (χ2n) is 5.67. The molecule has 0 aliphatic carbocycles. The van der Waals surface area contributed by atoms with Gasteiger partial charge in [-0.25, -0.2) is 0 Å². The van der Waals surface area contributed by atoms with E-state index in [-0.39, 0.29) is 17.6 Å². The number of hydrogen-bond donors (Lipinski definition) is 1. The Kier molecular flexibility index (Phi) is 3.71. The van der Waals surface area contributed by atoms with E-state index in [0.29, 0.717) is 37.6 Å². The Balaban J connectivity index is 2.05. The van der Waals surface area contributed by atoms with Gasteiger partial charge < -0.3 is 15.4 Å². The van der Waals surface area contributed by atoms with Crippen LogP contribution in [0.4, 0.5) is 11.4 Å². The predicted octanol–water partition coefficient (Wildman–Crippen LogP) is 0.391. The molecule has 2 aliphatic rings. The summed E-state index contributed by atoms with van der Waals surface area (Å²) in [6, 6.07) is 3.96. The van der Waals surface area contributed by atoms with Crippen LogP contribution in [0.1, 0.15) is 11.6 Å². The maximum Gasteiger partial charge on any atom is 0.276 e. The molecule has 0 radical (unpaired) electrons. The normalized spacial score (nSPS) is 23.4. The van der Waals surface area contributed by atoms with E-state index in [1.165, 1.54) is 6.07 Å². The van der Waals surface area contributed by atoms with Crippen molar-refractivity contribution in [1.82, 2.24) is 9.80 Å². The molecule has 0 bridgehead atoms. The molecule has 2 aliphatic heterocycles. The fourth-order valence-corrected chi connectivity index (χ4v) is 2.93. The smallest absolute Gasteiger partial charge is 0.276 e. The number of rotatable bonds is 3. The number of nitrogens with zero attached hydrogens (tertiary/aromatic N) is 3. The monoisotopic (exact) mass is 306 g/mol. The molecular formula is C14H18N4O4. The molecule has 1 atom stereocenters. The summed E-state index contributed by atoms with van der Waals surface area (Å²) in [4.78, 5) is 27.1. The number of nitrogen functional groups attached to an aromatic ring is 1. The van der Waals surface area contributed by atoms with Crippen molar-refractivity contribution in [2.24, 2.45) is 0 Å². The Morgan fingerprint density at radius 2 is 2.09 bits per heavy atom. The summed E-state index contributed by atoms with van der Waals surface area (Å²) in [5.41, 5.74) is 6.25. The molecule has 1 aromatic rings. The van der Waals surface area contributed by atoms with Crippen molar-refractivity contribution in [3.63, 3.8) is 0 Å². The molecule has 3 rings (SSSR count). The van der Waals surface area contributed by atoms with Crippen molar-refractivity contribution in [2.45, 2.75) is 12.1 Å². The van der Waals surface area contributed by atoms with Gasteiger partial charge in [0.2, 0.25) is 5.91 Å². The lowest BCUT2D eigenvalue weighted by Crippen LogP contribution is -2.59. The van der Waals surface area contributed by atoms with Crippen LogP contribution in [0, 0.1) is 10.1 Å². The van der Waals surface area contributed by atoms with Crippen LogP contribution in [-0.4, -0.2) is 60.0 Å². The molecular weight excluding hydrogens is 288 g/mol. The van der Waals surface area contributed by atoms with E-state index < -0.39 is 11.0 Å². The second kappa shape index (κ2) is 5.54. The molecule has 2 heterocycles. The number of likely N-dealkylation sites (N-methyl/N-ethyl adjacent to an activating group) is 1. The van der Waals surface area contributed by atoms with Gasteiger partial charge in [-0.3, -0.25) is 19.8 Å². The molecule has 8 nitrogen and oxygen atoms in total. The third kappa shape index (κ3) is 2.40. The number of nitro groups is 1. The minimum atomic E-state index is -0.659. The first-order valence-corrected chi connectivity index (χ1v) is 7.11. The van der Waals surface area contributed by atoms with Crippen molar-refractivity contribution in [3.05, 3.63) is 33.9 Å². The average Bonchev–Trinajstić information content (AvgIpc) is 2.42. The number of hydrogen-bond acceptors (Lipinski definition) is 6. The summed E-state index contributed by atoms with van der Waals surface area (Å²) >= 11 is 0. The quantitative estimate of drug-likeness (QED) is 0.492. The van der Waals surface area contributed by atoms with Gasteiger partial charge in [0.05, 0.1) is 29.7 Å². The number of ether oxygens (including phenoxy) is 1. The van der Waals surface area contributed by atoms with E-state index in [1.807, 2.05) is 4.90 Å². The van der Waals surface area contributed by atoms with E-state index in [0.717, 1.165) is 0 Å². The van der Waals surface area contributed by atoms with Crippen LogP contribution in [0.5, 0.6) is 0 Å². The molecule has 2 saturated heterocycles. The molecule has 2 N–H and O–H groups in total. The molecule has 118 valence electrons. The summed E-state index contributed by atoms with van der Waals surface area (Å²) in [7, 11) is 1.72. The minimum Gasteiger partial charge on any atom is -0.399 e. The first-order valence-electron chi connectivity index (χ1n) is 7.11. The summed E-state index contributed by atoms with van der Waals surface area (Å²) in [5.74, 6) is -0.133. The van der Waals surface area contributed by atoms with Crippen molar-refractivity contribution >= 4 is 17.3 Å². The average molecular weight is 306 g/mol. The van der Waals surface area contributed by atoms with Gasteiger partial charge in [-0.15, -0.1) is 0 Å². The van der Waals surface area contributed by atoms with Gasteiger partial charge in [-0.05, 0) is 12.1 Å². The number of carbonyl (C=O) groups excluding carboxylic acids is 1. The molecule has 0 spiro atoms. The summed E-state index contributed by atoms with van der Waals surface area (Å²) in [5, 5.41) is 11.3. The van der Waals surface area contributed by atoms with Crippen LogP contribution in [0.3, 0.4) is 0 Å². The fourth-order valence-electron chi connectivity index (χ4n) is 2.93. The first kappa shape index (κ1) is 14.7. The number of carbonyl (C=O) groups is 1. The zero-order valence-electron chi connectivity index (χ0n) is 12.3. The predicted molar refractivity (Wildman–Crippen MR) is 79.2 cm³/mol. The van der Waals surface area contributed by atoms with Gasteiger partial charge in [-0.1, -0.05) is 0 Å². The topological polar surface area (TPSA) is 102 Å². The fraction of sp³-hybridized carbons (Fsp3) is 0.500. The molecule has 8 heteroatoms. The number of benzene rings is 1. The lowest BCUT2D eigenvalue weighted by Gasteiger charge is -2.46. The minimum absolute atomic E-state index is 0.112. The number of anilines is 1. The van der Waals surface area contributed by atoms with E-state index in [1.54, 1.807) is 24.1 Å². The molecule has 0 saturated carbocycles. The lowest BCUT2D eigenvalue weighted by molar-refractivity contribution is -0.386. The van der Waals surface area contributed by atoms with Gasteiger partial charge in [0.15, 0.2) is 0 Å². The van der Waals surface area contributed by atoms with Crippen molar-refractivity contribution in [3.8, 4) is 0 Å². The van der Waals surface area contributed by atoms with Crippen LogP contribution in [0.2, 0.25) is 0 Å². The molecule has 1 amide bonds. The molecule has 2 fully saturated rings. The number of nitrogens with two attached hydrogens (primary N) is 1. The Bertz CT molecular complexity index is 617. The van der Waals surface area contributed by atoms with Crippen LogP contribution in [0.15, 0.2) is 18.2 Å². The molecule has 0 aromatic heterocycles. The van der Waals surface area contributed by atoms with Crippen molar-refractivity contribution in [1.29, 1.82) is 0 Å². The Morgan fingerprint density at radius 1 is 1.36 bits per heavy atom. The van der Waals surface area contributed by atoms with Crippen LogP contribution in [0.25, 0.3) is 0 Å². The van der Waals surface area contributed by atoms with E-state index >= 15 is 0 Å². The second-order valence-corrected chi connectivity index (χ2v) is 5.67. The molecule has 1 unspecified atom stereocenters. The van der Waals surface area contributed by atoms with Crippen LogP contribution in [-0.2, 0) is 9.53 Å². The Morgan fingerprint density at radius 3 is 2.68 bits per heavy atom. The number of nitro benzene ring substituents is 1. The SMILES string of the molecule is CN1CCN(C2COC2)C(c2ccc(N)cc2[N+](=O)[O-])C1=O. The van der Waals surface area contributed by atoms with Gasteiger partial charge in [-0.2, -0.15) is 0 Å². The van der Waals surface area contributed by atoms with Crippen molar-refractivity contribution in [2.75, 3.05) is 39.1 Å². The van der Waals surface area contributed by atoms with Crippen LogP contribution >= 0.6 is 0 Å². The van der Waals surface area contributed by atoms with E-state index in [4.69, 9.17) is 10.5 Å². The highest BCUT2D eigenvalue weighted by atomic mass is 16.6. The summed E-state index contributed by atoms with van der Waals surface area (Å²) in [6.45, 7) is 2.38. The Hall–Kier alpha value is -2.19. The van der Waals surface area contributed by atoms with E-state index in [9.17, 15) is 14.9 Å². The standard InChI is InChI=1S/C14H18N4O4/c1-16-4-5-17(10-7-22-8-10)13(14(16)19)11-3-2-9(15)6-12(11)18(20)21/h2-3,6,10,13H,4-5,7-8,15H2,1H3. The first-order chi connectivity index (χ1) is 10.5. The highest BCUT2D eigenvalue weighted by molar-refractivity contribution is 5.85. The molecule has 22 heavy (non-hydrogen) atoms. The zero-order chi connectivity index (χ0) is 15.9. The maximum atomic E-state index is 12.6.